The van der Waals surface area contributed by atoms with Crippen molar-refractivity contribution in [3.8, 4) is 17.0 Å². The largest absolute Gasteiger partial charge is 0.494 e. The molecule has 0 aliphatic heterocycles. The summed E-state index contributed by atoms with van der Waals surface area (Å²) in [5, 5.41) is 10.1. The number of carbonyl (C=O) groups is 2. The van der Waals surface area contributed by atoms with Gasteiger partial charge in [-0.05, 0) is 60.8 Å². The highest BCUT2D eigenvalue weighted by Gasteiger charge is 2.10. The first-order valence-corrected chi connectivity index (χ1v) is 12.9. The summed E-state index contributed by atoms with van der Waals surface area (Å²) in [5.41, 5.74) is 2.46. The lowest BCUT2D eigenvalue weighted by atomic mass is 10.2. The number of nitrogens with one attached hydrogen (secondary N) is 2. The number of thiophene rings is 1. The average molecular weight is 496 g/mol. The molecule has 0 saturated heterocycles. The predicted octanol–water partition coefficient (Wildman–Crippen LogP) is 6.25. The molecule has 0 unspecified atom stereocenters. The summed E-state index contributed by atoms with van der Waals surface area (Å²) in [6, 6.07) is 18.8. The van der Waals surface area contributed by atoms with Gasteiger partial charge in [0.2, 0.25) is 5.91 Å². The van der Waals surface area contributed by atoms with Crippen molar-refractivity contribution >= 4 is 57.1 Å². The molecule has 2 N–H and O–H groups in total. The number of hydrogen-bond donors (Lipinski definition) is 2. The number of rotatable bonds is 9. The van der Waals surface area contributed by atoms with E-state index in [9.17, 15) is 9.59 Å². The van der Waals surface area contributed by atoms with E-state index in [1.54, 1.807) is 6.07 Å². The van der Waals surface area contributed by atoms with E-state index in [0.29, 0.717) is 22.3 Å². The van der Waals surface area contributed by atoms with Crippen molar-refractivity contribution in [1.29, 1.82) is 0 Å². The van der Waals surface area contributed by atoms with Gasteiger partial charge in [0.05, 0.1) is 22.9 Å². The van der Waals surface area contributed by atoms with Crippen LogP contribution in [0.15, 0.2) is 76.3 Å². The molecule has 0 spiro atoms. The second-order valence-electron chi connectivity index (χ2n) is 6.79. The van der Waals surface area contributed by atoms with Gasteiger partial charge in [-0.3, -0.25) is 9.59 Å². The van der Waals surface area contributed by atoms with Crippen molar-refractivity contribution in [2.24, 2.45) is 0 Å². The molecule has 4 rings (SSSR count). The summed E-state index contributed by atoms with van der Waals surface area (Å²) in [4.78, 5) is 30.7. The van der Waals surface area contributed by atoms with E-state index in [0.717, 1.165) is 21.9 Å². The molecule has 2 aromatic carbocycles. The van der Waals surface area contributed by atoms with E-state index in [1.807, 2.05) is 72.3 Å². The fourth-order valence-corrected chi connectivity index (χ4v) is 5.03. The van der Waals surface area contributed by atoms with Crippen LogP contribution in [-0.4, -0.2) is 29.2 Å². The predicted molar refractivity (Wildman–Crippen MR) is 137 cm³/mol. The van der Waals surface area contributed by atoms with E-state index >= 15 is 0 Å². The number of carbonyl (C=O) groups excluding carboxylic acids is 2. The highest BCUT2D eigenvalue weighted by atomic mass is 32.2. The van der Waals surface area contributed by atoms with E-state index in [4.69, 9.17) is 4.74 Å². The Bertz CT molecular complexity index is 1220. The van der Waals surface area contributed by atoms with Gasteiger partial charge in [-0.15, -0.1) is 34.4 Å². The Morgan fingerprint density at radius 1 is 1.03 bits per heavy atom. The third-order valence-corrected chi connectivity index (χ3v) is 7.04. The second-order valence-corrected chi connectivity index (χ2v) is 9.65. The first kappa shape index (κ1) is 23.0. The van der Waals surface area contributed by atoms with Gasteiger partial charge in [-0.25, -0.2) is 4.98 Å². The van der Waals surface area contributed by atoms with Crippen LogP contribution in [0.25, 0.3) is 11.3 Å². The minimum atomic E-state index is -0.142. The molecule has 33 heavy (non-hydrogen) atoms. The summed E-state index contributed by atoms with van der Waals surface area (Å²) >= 11 is 4.18. The molecule has 0 aliphatic rings. The van der Waals surface area contributed by atoms with Crippen molar-refractivity contribution in [2.45, 2.75) is 11.8 Å². The van der Waals surface area contributed by atoms with Crippen LogP contribution in [0, 0.1) is 0 Å². The van der Waals surface area contributed by atoms with Gasteiger partial charge in [0.1, 0.15) is 5.75 Å². The molecular formula is C24H21N3O3S3. The number of aromatic nitrogens is 1. The van der Waals surface area contributed by atoms with Crippen molar-refractivity contribution in [2.75, 3.05) is 23.0 Å². The Balaban J connectivity index is 1.29. The van der Waals surface area contributed by atoms with Crippen molar-refractivity contribution < 1.29 is 14.3 Å². The third kappa shape index (κ3) is 6.44. The highest BCUT2D eigenvalue weighted by Crippen LogP contribution is 2.27. The number of thioether (sulfide) groups is 1. The van der Waals surface area contributed by atoms with E-state index in [1.165, 1.54) is 34.4 Å². The quantitative estimate of drug-likeness (QED) is 0.268. The molecular weight excluding hydrogens is 474 g/mol. The number of ether oxygens (including phenoxy) is 1. The lowest BCUT2D eigenvalue weighted by molar-refractivity contribution is -0.113. The first-order chi connectivity index (χ1) is 16.1. The zero-order valence-electron chi connectivity index (χ0n) is 17.7. The fraction of sp³-hybridized carbons (Fsp3) is 0.125. The number of amides is 2. The van der Waals surface area contributed by atoms with Gasteiger partial charge in [0.15, 0.2) is 5.13 Å². The Morgan fingerprint density at radius 3 is 2.64 bits per heavy atom. The van der Waals surface area contributed by atoms with E-state index < -0.39 is 0 Å². The summed E-state index contributed by atoms with van der Waals surface area (Å²) in [6.07, 6.45) is 0. The Kier molecular flexibility index (Phi) is 7.77. The Hall–Kier alpha value is -3.14. The molecule has 2 heterocycles. The van der Waals surface area contributed by atoms with E-state index in [-0.39, 0.29) is 17.6 Å². The summed E-state index contributed by atoms with van der Waals surface area (Å²) < 4.78 is 5.46. The molecule has 0 atom stereocenters. The SMILES string of the molecule is CCOc1ccc(-c2csc(NC(=O)CSc3cccc(NC(=O)c4cccs4)c3)n2)cc1. The van der Waals surface area contributed by atoms with Crippen LogP contribution in [0.5, 0.6) is 5.75 Å². The summed E-state index contributed by atoms with van der Waals surface area (Å²) in [7, 11) is 0. The van der Waals surface area contributed by atoms with Crippen LogP contribution >= 0.6 is 34.4 Å². The van der Waals surface area contributed by atoms with Crippen LogP contribution in [-0.2, 0) is 4.79 Å². The number of nitrogens with zero attached hydrogens (tertiary/aromatic N) is 1. The second kappa shape index (κ2) is 11.1. The summed E-state index contributed by atoms with van der Waals surface area (Å²) in [5.74, 6) is 0.773. The lowest BCUT2D eigenvalue weighted by Crippen LogP contribution is -2.14. The molecule has 2 aromatic heterocycles. The molecule has 0 aliphatic carbocycles. The number of benzene rings is 2. The molecule has 6 nitrogen and oxygen atoms in total. The van der Waals surface area contributed by atoms with Crippen molar-refractivity contribution in [3.63, 3.8) is 0 Å². The van der Waals surface area contributed by atoms with Crippen LogP contribution in [0.4, 0.5) is 10.8 Å². The minimum Gasteiger partial charge on any atom is -0.494 e. The number of hydrogen-bond acceptors (Lipinski definition) is 7. The summed E-state index contributed by atoms with van der Waals surface area (Å²) in [6.45, 7) is 2.57. The average Bonchev–Trinajstić information content (AvgIpc) is 3.52. The molecule has 168 valence electrons. The fourth-order valence-electron chi connectivity index (χ4n) is 2.92. The normalized spacial score (nSPS) is 10.6. The van der Waals surface area contributed by atoms with Gasteiger partial charge in [0, 0.05) is 21.5 Å². The standard InChI is InChI=1S/C24H21N3O3S3/c1-2-30-18-10-8-16(9-11-18)20-14-33-24(26-20)27-22(28)15-32-19-6-3-5-17(13-19)25-23(29)21-7-4-12-31-21/h3-14H,2,15H2,1H3,(H,25,29)(H,26,27,28). The molecule has 0 bridgehead atoms. The minimum absolute atomic E-state index is 0.138. The maximum absolute atomic E-state index is 12.4. The maximum Gasteiger partial charge on any atom is 0.265 e. The van der Waals surface area contributed by atoms with Crippen LogP contribution in [0.2, 0.25) is 0 Å². The monoisotopic (exact) mass is 495 g/mol. The number of anilines is 2. The molecule has 4 aromatic rings. The third-order valence-electron chi connectivity index (χ3n) is 4.42. The molecule has 2 amide bonds. The Labute approximate surface area is 204 Å². The van der Waals surface area contributed by atoms with Crippen LogP contribution in [0.3, 0.4) is 0 Å². The molecule has 0 saturated carbocycles. The smallest absolute Gasteiger partial charge is 0.265 e. The lowest BCUT2D eigenvalue weighted by Gasteiger charge is -2.07. The van der Waals surface area contributed by atoms with Gasteiger partial charge >= 0.3 is 0 Å². The van der Waals surface area contributed by atoms with Crippen LogP contribution in [0.1, 0.15) is 16.6 Å². The molecule has 0 radical (unpaired) electrons. The van der Waals surface area contributed by atoms with E-state index in [2.05, 4.69) is 15.6 Å². The Morgan fingerprint density at radius 2 is 1.88 bits per heavy atom. The van der Waals surface area contributed by atoms with Crippen molar-refractivity contribution in [1.82, 2.24) is 4.98 Å². The zero-order valence-corrected chi connectivity index (χ0v) is 20.2. The van der Waals surface area contributed by atoms with Gasteiger partial charge < -0.3 is 15.4 Å². The van der Waals surface area contributed by atoms with Gasteiger partial charge in [-0.2, -0.15) is 0 Å². The van der Waals surface area contributed by atoms with Crippen molar-refractivity contribution in [3.05, 3.63) is 76.3 Å². The highest BCUT2D eigenvalue weighted by molar-refractivity contribution is 8.00. The van der Waals surface area contributed by atoms with Gasteiger partial charge in [0.25, 0.3) is 5.91 Å². The maximum atomic E-state index is 12.4. The molecule has 0 fully saturated rings. The first-order valence-electron chi connectivity index (χ1n) is 10.2. The number of thiazole rings is 1. The zero-order chi connectivity index (χ0) is 23.0. The molecule has 9 heteroatoms. The topological polar surface area (TPSA) is 80.3 Å². The van der Waals surface area contributed by atoms with Gasteiger partial charge in [-0.1, -0.05) is 12.1 Å². The van der Waals surface area contributed by atoms with Crippen LogP contribution < -0.4 is 15.4 Å².